The summed E-state index contributed by atoms with van der Waals surface area (Å²) in [7, 11) is 0. The van der Waals surface area contributed by atoms with Crippen LogP contribution in [0.1, 0.15) is 29.5 Å². The van der Waals surface area contributed by atoms with Crippen molar-refractivity contribution in [2.24, 2.45) is 0 Å². The molecule has 1 aromatic rings. The van der Waals surface area contributed by atoms with Crippen LogP contribution in [0.2, 0.25) is 0 Å². The molecule has 1 N–H and O–H groups in total. The number of ether oxygens (including phenoxy) is 1. The second kappa shape index (κ2) is 5.46. The Hall–Kier alpha value is -0.860. The van der Waals surface area contributed by atoms with Crippen molar-refractivity contribution in [3.8, 4) is 0 Å². The lowest BCUT2D eigenvalue weighted by atomic mass is 10.0. The molecular formula is C14H21NO. The van der Waals surface area contributed by atoms with Crippen molar-refractivity contribution < 1.29 is 4.74 Å². The van der Waals surface area contributed by atoms with E-state index < -0.39 is 0 Å². The zero-order chi connectivity index (χ0) is 11.4. The molecule has 1 heterocycles. The van der Waals surface area contributed by atoms with Gasteiger partial charge in [-0.3, -0.25) is 0 Å². The Morgan fingerprint density at radius 3 is 3.00 bits per heavy atom. The molecule has 1 unspecified atom stereocenters. The van der Waals surface area contributed by atoms with E-state index in [-0.39, 0.29) is 0 Å². The Kier molecular flexibility index (Phi) is 3.97. The van der Waals surface area contributed by atoms with Gasteiger partial charge in [0.15, 0.2) is 0 Å². The standard InChI is InChI=1S/C14H21NO/c1-11-5-3-6-13(12(11)2)9-15-10-14-7-4-8-16-14/h3,5-6,14-15H,4,7-10H2,1-2H3. The van der Waals surface area contributed by atoms with Crippen molar-refractivity contribution in [3.63, 3.8) is 0 Å². The number of rotatable bonds is 4. The summed E-state index contributed by atoms with van der Waals surface area (Å²) in [6.07, 6.45) is 2.86. The molecule has 0 amide bonds. The van der Waals surface area contributed by atoms with Gasteiger partial charge in [-0.25, -0.2) is 0 Å². The highest BCUT2D eigenvalue weighted by atomic mass is 16.5. The van der Waals surface area contributed by atoms with Gasteiger partial charge in [0.05, 0.1) is 6.10 Å². The zero-order valence-corrected chi connectivity index (χ0v) is 10.3. The molecule has 1 atom stereocenters. The molecule has 1 aromatic carbocycles. The molecular weight excluding hydrogens is 198 g/mol. The topological polar surface area (TPSA) is 21.3 Å². The number of hydrogen-bond donors (Lipinski definition) is 1. The molecule has 0 spiro atoms. The number of aryl methyl sites for hydroxylation is 1. The minimum absolute atomic E-state index is 0.435. The Bertz CT molecular complexity index is 343. The molecule has 1 aliphatic heterocycles. The molecule has 1 saturated heterocycles. The van der Waals surface area contributed by atoms with E-state index in [1.807, 2.05) is 0 Å². The third-order valence-electron chi connectivity index (χ3n) is 3.43. The largest absolute Gasteiger partial charge is 0.377 e. The lowest BCUT2D eigenvalue weighted by molar-refractivity contribution is 0.110. The van der Waals surface area contributed by atoms with E-state index in [0.717, 1.165) is 19.7 Å². The Morgan fingerprint density at radius 2 is 2.25 bits per heavy atom. The quantitative estimate of drug-likeness (QED) is 0.840. The predicted molar refractivity (Wildman–Crippen MR) is 66.6 cm³/mol. The molecule has 2 rings (SSSR count). The van der Waals surface area contributed by atoms with E-state index in [1.54, 1.807) is 0 Å². The van der Waals surface area contributed by atoms with Crippen molar-refractivity contribution >= 4 is 0 Å². The first-order valence-corrected chi connectivity index (χ1v) is 6.15. The SMILES string of the molecule is Cc1cccc(CNCC2CCCO2)c1C. The predicted octanol–water partition coefficient (Wildman–Crippen LogP) is 2.57. The van der Waals surface area contributed by atoms with Gasteiger partial charge in [-0.2, -0.15) is 0 Å². The van der Waals surface area contributed by atoms with Gasteiger partial charge in [0.1, 0.15) is 0 Å². The van der Waals surface area contributed by atoms with Crippen molar-refractivity contribution in [1.82, 2.24) is 5.32 Å². The summed E-state index contributed by atoms with van der Waals surface area (Å²) in [5.41, 5.74) is 4.18. The third kappa shape index (κ3) is 2.83. The van der Waals surface area contributed by atoms with Crippen LogP contribution in [0, 0.1) is 13.8 Å². The Balaban J connectivity index is 1.82. The highest BCUT2D eigenvalue weighted by molar-refractivity contribution is 5.32. The molecule has 0 bridgehead atoms. The average Bonchev–Trinajstić information content (AvgIpc) is 2.77. The summed E-state index contributed by atoms with van der Waals surface area (Å²) in [4.78, 5) is 0. The molecule has 0 aromatic heterocycles. The molecule has 2 heteroatoms. The maximum atomic E-state index is 5.58. The number of hydrogen-bond acceptors (Lipinski definition) is 2. The van der Waals surface area contributed by atoms with Gasteiger partial charge in [0.25, 0.3) is 0 Å². The van der Waals surface area contributed by atoms with Crippen LogP contribution in [-0.2, 0) is 11.3 Å². The smallest absolute Gasteiger partial charge is 0.0700 e. The van der Waals surface area contributed by atoms with Crippen molar-refractivity contribution in [3.05, 3.63) is 34.9 Å². The van der Waals surface area contributed by atoms with E-state index in [9.17, 15) is 0 Å². The lowest BCUT2D eigenvalue weighted by Crippen LogP contribution is -2.26. The summed E-state index contributed by atoms with van der Waals surface area (Å²) in [6.45, 7) is 7.23. The number of nitrogens with one attached hydrogen (secondary N) is 1. The van der Waals surface area contributed by atoms with E-state index in [0.29, 0.717) is 6.10 Å². The second-order valence-electron chi connectivity index (χ2n) is 4.62. The molecule has 1 fully saturated rings. The van der Waals surface area contributed by atoms with E-state index in [1.165, 1.54) is 29.5 Å². The fraction of sp³-hybridized carbons (Fsp3) is 0.571. The minimum atomic E-state index is 0.435. The highest BCUT2D eigenvalue weighted by Crippen LogP contribution is 2.13. The van der Waals surface area contributed by atoms with Crippen LogP contribution in [0.25, 0.3) is 0 Å². The Labute approximate surface area is 98.0 Å². The van der Waals surface area contributed by atoms with Gasteiger partial charge in [-0.1, -0.05) is 18.2 Å². The van der Waals surface area contributed by atoms with Crippen LogP contribution < -0.4 is 5.32 Å². The summed E-state index contributed by atoms with van der Waals surface area (Å²) < 4.78 is 5.58. The first kappa shape index (κ1) is 11.6. The molecule has 16 heavy (non-hydrogen) atoms. The van der Waals surface area contributed by atoms with Crippen molar-refractivity contribution in [2.75, 3.05) is 13.2 Å². The zero-order valence-electron chi connectivity index (χ0n) is 10.3. The van der Waals surface area contributed by atoms with Gasteiger partial charge in [0.2, 0.25) is 0 Å². The van der Waals surface area contributed by atoms with Crippen LogP contribution in [-0.4, -0.2) is 19.3 Å². The summed E-state index contributed by atoms with van der Waals surface area (Å²) >= 11 is 0. The fourth-order valence-corrected chi connectivity index (χ4v) is 2.18. The average molecular weight is 219 g/mol. The summed E-state index contributed by atoms with van der Waals surface area (Å²) in [6, 6.07) is 6.50. The van der Waals surface area contributed by atoms with Crippen molar-refractivity contribution in [1.29, 1.82) is 0 Å². The molecule has 2 nitrogen and oxygen atoms in total. The normalized spacial score (nSPS) is 20.2. The molecule has 0 aliphatic carbocycles. The maximum Gasteiger partial charge on any atom is 0.0700 e. The molecule has 0 saturated carbocycles. The van der Waals surface area contributed by atoms with Crippen LogP contribution in [0.5, 0.6) is 0 Å². The van der Waals surface area contributed by atoms with Gasteiger partial charge in [-0.05, 0) is 43.4 Å². The summed E-state index contributed by atoms with van der Waals surface area (Å²) in [5, 5.41) is 3.49. The molecule has 1 aliphatic rings. The molecule has 88 valence electrons. The van der Waals surface area contributed by atoms with Crippen LogP contribution in [0.3, 0.4) is 0 Å². The van der Waals surface area contributed by atoms with E-state index in [4.69, 9.17) is 4.74 Å². The fourth-order valence-electron chi connectivity index (χ4n) is 2.18. The molecule has 0 radical (unpaired) electrons. The monoisotopic (exact) mass is 219 g/mol. The van der Waals surface area contributed by atoms with Gasteiger partial charge in [-0.15, -0.1) is 0 Å². The van der Waals surface area contributed by atoms with Gasteiger partial charge < -0.3 is 10.1 Å². The first-order chi connectivity index (χ1) is 7.77. The summed E-state index contributed by atoms with van der Waals surface area (Å²) in [5.74, 6) is 0. The van der Waals surface area contributed by atoms with E-state index in [2.05, 4.69) is 37.4 Å². The third-order valence-corrected chi connectivity index (χ3v) is 3.43. The van der Waals surface area contributed by atoms with Gasteiger partial charge >= 0.3 is 0 Å². The first-order valence-electron chi connectivity index (χ1n) is 6.15. The van der Waals surface area contributed by atoms with Crippen LogP contribution in [0.15, 0.2) is 18.2 Å². The second-order valence-corrected chi connectivity index (χ2v) is 4.62. The maximum absolute atomic E-state index is 5.58. The van der Waals surface area contributed by atoms with E-state index >= 15 is 0 Å². The van der Waals surface area contributed by atoms with Gasteiger partial charge in [0, 0.05) is 19.7 Å². The highest BCUT2D eigenvalue weighted by Gasteiger charge is 2.14. The minimum Gasteiger partial charge on any atom is -0.377 e. The van der Waals surface area contributed by atoms with Crippen molar-refractivity contribution in [2.45, 2.75) is 39.3 Å². The van der Waals surface area contributed by atoms with Crippen LogP contribution >= 0.6 is 0 Å². The Morgan fingerprint density at radius 1 is 1.38 bits per heavy atom. The van der Waals surface area contributed by atoms with Crippen LogP contribution in [0.4, 0.5) is 0 Å². The lowest BCUT2D eigenvalue weighted by Gasteiger charge is -2.13. The number of benzene rings is 1.